The van der Waals surface area contributed by atoms with Crippen molar-refractivity contribution in [3.8, 4) is 0 Å². The summed E-state index contributed by atoms with van der Waals surface area (Å²) in [6.07, 6.45) is 1.51. The van der Waals surface area contributed by atoms with Gasteiger partial charge in [-0.05, 0) is 22.0 Å². The molecular weight excluding hydrogens is 199 g/mol. The first kappa shape index (κ1) is 7.63. The topological polar surface area (TPSA) is 38.9 Å². The fourth-order valence-electron chi connectivity index (χ4n) is 0.613. The molecule has 0 aliphatic rings. The Labute approximate surface area is 66.4 Å². The fraction of sp³-hybridized carbons (Fsp3) is 0.167. The van der Waals surface area contributed by atoms with Gasteiger partial charge in [0, 0.05) is 18.3 Å². The van der Waals surface area contributed by atoms with E-state index in [0.717, 1.165) is 0 Å². The zero-order valence-corrected chi connectivity index (χ0v) is 6.73. The highest BCUT2D eigenvalue weighted by Gasteiger charge is 2.03. The van der Waals surface area contributed by atoms with Gasteiger partial charge in [-0.2, -0.15) is 0 Å². The van der Waals surface area contributed by atoms with Gasteiger partial charge in [-0.1, -0.05) is 0 Å². The predicted octanol–water partition coefficient (Wildman–Crippen LogP) is 1.44. The normalized spacial score (nSPS) is 9.90. The number of halogens is 2. The van der Waals surface area contributed by atoms with Crippen LogP contribution in [0.4, 0.5) is 4.39 Å². The summed E-state index contributed by atoms with van der Waals surface area (Å²) >= 11 is 2.95. The molecule has 0 fully saturated rings. The number of aromatic nitrogens is 1. The number of nitrogens with zero attached hydrogens (tertiary/aromatic N) is 1. The minimum atomic E-state index is -0.370. The van der Waals surface area contributed by atoms with Crippen molar-refractivity contribution in [2.75, 3.05) is 0 Å². The Morgan fingerprint density at radius 1 is 1.70 bits per heavy atom. The summed E-state index contributed by atoms with van der Waals surface area (Å²) in [6, 6.07) is 1.56. The molecule has 0 radical (unpaired) electrons. The average molecular weight is 205 g/mol. The summed E-state index contributed by atoms with van der Waals surface area (Å²) in [7, 11) is 0. The molecule has 10 heavy (non-hydrogen) atoms. The maximum Gasteiger partial charge on any atom is 0.160 e. The van der Waals surface area contributed by atoms with Crippen LogP contribution in [0, 0.1) is 5.82 Å². The summed E-state index contributed by atoms with van der Waals surface area (Å²) < 4.78 is 13.0. The Balaban J connectivity index is 3.14. The van der Waals surface area contributed by atoms with Crippen LogP contribution in [0.25, 0.3) is 0 Å². The first-order valence-corrected chi connectivity index (χ1v) is 3.54. The van der Waals surface area contributed by atoms with Gasteiger partial charge in [-0.25, -0.2) is 9.37 Å². The van der Waals surface area contributed by atoms with E-state index in [1.54, 1.807) is 6.07 Å². The molecule has 2 N–H and O–H groups in total. The van der Waals surface area contributed by atoms with Crippen LogP contribution in [-0.2, 0) is 6.54 Å². The summed E-state index contributed by atoms with van der Waals surface area (Å²) in [5, 5.41) is 0. The third-order valence-electron chi connectivity index (χ3n) is 1.15. The van der Waals surface area contributed by atoms with Gasteiger partial charge in [0.1, 0.15) is 4.60 Å². The Kier molecular flexibility index (Phi) is 2.34. The number of nitrogens with two attached hydrogens (primary N) is 1. The van der Waals surface area contributed by atoms with Gasteiger partial charge in [0.05, 0.1) is 0 Å². The lowest BCUT2D eigenvalue weighted by atomic mass is 10.3. The molecule has 0 bridgehead atoms. The van der Waals surface area contributed by atoms with E-state index in [9.17, 15) is 4.39 Å². The molecule has 0 unspecified atom stereocenters. The molecule has 0 atom stereocenters. The van der Waals surface area contributed by atoms with Gasteiger partial charge in [0.2, 0.25) is 0 Å². The van der Waals surface area contributed by atoms with Gasteiger partial charge in [-0.15, -0.1) is 0 Å². The third kappa shape index (κ3) is 1.33. The zero-order valence-electron chi connectivity index (χ0n) is 5.14. The van der Waals surface area contributed by atoms with Crippen LogP contribution in [0.15, 0.2) is 16.9 Å². The maximum atomic E-state index is 12.8. The molecule has 0 saturated carbocycles. The van der Waals surface area contributed by atoms with Crippen molar-refractivity contribution in [1.82, 2.24) is 4.98 Å². The number of pyridine rings is 1. The predicted molar refractivity (Wildman–Crippen MR) is 39.8 cm³/mol. The molecule has 0 aromatic carbocycles. The first-order valence-electron chi connectivity index (χ1n) is 2.74. The van der Waals surface area contributed by atoms with E-state index in [1.165, 1.54) is 6.20 Å². The minimum Gasteiger partial charge on any atom is -0.326 e. The highest BCUT2D eigenvalue weighted by atomic mass is 79.9. The van der Waals surface area contributed by atoms with Crippen molar-refractivity contribution >= 4 is 15.9 Å². The molecule has 0 aliphatic heterocycles. The standard InChI is InChI=1S/C6H6BrFN2/c7-6-5(8)4(3-9)1-2-10-6/h1-2H,3,9H2. The summed E-state index contributed by atoms with van der Waals surface area (Å²) in [6.45, 7) is 0.201. The largest absolute Gasteiger partial charge is 0.326 e. The molecule has 1 rings (SSSR count). The average Bonchev–Trinajstić information content (AvgIpc) is 1.95. The van der Waals surface area contributed by atoms with Gasteiger partial charge >= 0.3 is 0 Å². The van der Waals surface area contributed by atoms with Gasteiger partial charge in [-0.3, -0.25) is 0 Å². The number of hydrogen-bond acceptors (Lipinski definition) is 2. The van der Waals surface area contributed by atoms with Crippen LogP contribution in [0.1, 0.15) is 5.56 Å². The Hall–Kier alpha value is -0.480. The summed E-state index contributed by atoms with van der Waals surface area (Å²) in [5.41, 5.74) is 5.70. The van der Waals surface area contributed by atoms with E-state index in [4.69, 9.17) is 5.73 Å². The lowest BCUT2D eigenvalue weighted by molar-refractivity contribution is 0.595. The highest BCUT2D eigenvalue weighted by molar-refractivity contribution is 9.10. The van der Waals surface area contributed by atoms with Gasteiger partial charge in [0.25, 0.3) is 0 Å². The van der Waals surface area contributed by atoms with E-state index in [1.807, 2.05) is 0 Å². The first-order chi connectivity index (χ1) is 4.75. The number of hydrogen-bond donors (Lipinski definition) is 1. The molecule has 1 heterocycles. The van der Waals surface area contributed by atoms with Crippen molar-refractivity contribution in [3.05, 3.63) is 28.2 Å². The summed E-state index contributed by atoms with van der Waals surface area (Å²) in [4.78, 5) is 3.67. The Bertz CT molecular complexity index is 239. The van der Waals surface area contributed by atoms with Crippen molar-refractivity contribution in [1.29, 1.82) is 0 Å². The highest BCUT2D eigenvalue weighted by Crippen LogP contribution is 2.14. The zero-order chi connectivity index (χ0) is 7.56. The molecule has 4 heteroatoms. The van der Waals surface area contributed by atoms with E-state index in [2.05, 4.69) is 20.9 Å². The van der Waals surface area contributed by atoms with Crippen LogP contribution in [0.5, 0.6) is 0 Å². The quantitative estimate of drug-likeness (QED) is 0.704. The van der Waals surface area contributed by atoms with E-state index < -0.39 is 0 Å². The smallest absolute Gasteiger partial charge is 0.160 e. The molecule has 2 nitrogen and oxygen atoms in total. The van der Waals surface area contributed by atoms with Gasteiger partial charge < -0.3 is 5.73 Å². The molecule has 1 aromatic rings. The lowest BCUT2D eigenvalue weighted by Crippen LogP contribution is -2.00. The van der Waals surface area contributed by atoms with Crippen molar-refractivity contribution in [2.45, 2.75) is 6.54 Å². The molecule has 1 aromatic heterocycles. The molecule has 0 spiro atoms. The number of rotatable bonds is 1. The van der Waals surface area contributed by atoms with Crippen LogP contribution in [-0.4, -0.2) is 4.98 Å². The van der Waals surface area contributed by atoms with E-state index in [-0.39, 0.29) is 17.0 Å². The van der Waals surface area contributed by atoms with Crippen LogP contribution < -0.4 is 5.73 Å². The van der Waals surface area contributed by atoms with E-state index in [0.29, 0.717) is 5.56 Å². The van der Waals surface area contributed by atoms with Crippen molar-refractivity contribution in [2.24, 2.45) is 5.73 Å². The minimum absolute atomic E-state index is 0.201. The summed E-state index contributed by atoms with van der Waals surface area (Å²) in [5.74, 6) is -0.370. The SMILES string of the molecule is NCc1ccnc(Br)c1F. The molecule has 54 valence electrons. The third-order valence-corrected chi connectivity index (χ3v) is 1.70. The second-order valence-corrected chi connectivity index (χ2v) is 2.53. The fourth-order valence-corrected chi connectivity index (χ4v) is 0.986. The van der Waals surface area contributed by atoms with Crippen molar-refractivity contribution in [3.63, 3.8) is 0 Å². The lowest BCUT2D eigenvalue weighted by Gasteiger charge is -1.98. The van der Waals surface area contributed by atoms with Crippen molar-refractivity contribution < 1.29 is 4.39 Å². The molecule has 0 amide bonds. The molecular formula is C6H6BrFN2. The molecule has 0 aliphatic carbocycles. The van der Waals surface area contributed by atoms with Crippen LogP contribution in [0.2, 0.25) is 0 Å². The molecule has 0 saturated heterocycles. The van der Waals surface area contributed by atoms with Gasteiger partial charge in [0.15, 0.2) is 5.82 Å². The second-order valence-electron chi connectivity index (χ2n) is 1.78. The van der Waals surface area contributed by atoms with Crippen LogP contribution in [0.3, 0.4) is 0 Å². The van der Waals surface area contributed by atoms with Crippen LogP contribution >= 0.6 is 15.9 Å². The second kappa shape index (κ2) is 3.07. The Morgan fingerprint density at radius 3 is 2.90 bits per heavy atom. The monoisotopic (exact) mass is 204 g/mol. The Morgan fingerprint density at radius 2 is 2.40 bits per heavy atom. The van der Waals surface area contributed by atoms with E-state index >= 15 is 0 Å². The maximum absolute atomic E-state index is 12.8.